The van der Waals surface area contributed by atoms with Crippen LogP contribution >= 0.6 is 7.82 Å². The van der Waals surface area contributed by atoms with Crippen molar-refractivity contribution in [2.75, 3.05) is 40.9 Å². The minimum Gasteiger partial charge on any atom is -0.756 e. The van der Waals surface area contributed by atoms with E-state index in [0.29, 0.717) is 17.4 Å². The van der Waals surface area contributed by atoms with Gasteiger partial charge in [0.25, 0.3) is 7.82 Å². The Hall–Kier alpha value is -1.02. The van der Waals surface area contributed by atoms with E-state index in [2.05, 4.69) is 31.3 Å². The Kier molecular flexibility index (Phi) is 56.9. The normalized spacial score (nSPS) is 13.9. The molecule has 0 fully saturated rings. The number of likely N-dealkylation sites (N-methyl/N-ethyl adjacent to an activating group) is 1. The quantitative estimate of drug-likeness (QED) is 0.0272. The van der Waals surface area contributed by atoms with Gasteiger partial charge in [-0.2, -0.15) is 0 Å². The largest absolute Gasteiger partial charge is 0.756 e. The molecular weight excluding hydrogens is 948 g/mol. The molecule has 0 aromatic heterocycles. The van der Waals surface area contributed by atoms with E-state index in [1.807, 2.05) is 27.2 Å². The first-order chi connectivity index (χ1) is 36.5. The van der Waals surface area contributed by atoms with Gasteiger partial charge < -0.3 is 28.8 Å². The van der Waals surface area contributed by atoms with Crippen LogP contribution in [0, 0.1) is 0 Å². The Morgan fingerprint density at radius 2 is 0.747 bits per heavy atom. The van der Waals surface area contributed by atoms with E-state index >= 15 is 0 Å². The molecule has 1 amide bonds. The van der Waals surface area contributed by atoms with Gasteiger partial charge in [-0.3, -0.25) is 9.36 Å². The third-order valence-corrected chi connectivity index (χ3v) is 16.4. The van der Waals surface area contributed by atoms with Crippen molar-refractivity contribution < 1.29 is 32.9 Å². The average molecular weight is 1080 g/mol. The van der Waals surface area contributed by atoms with Crippen LogP contribution in [0.1, 0.15) is 341 Å². The van der Waals surface area contributed by atoms with Crippen LogP contribution in [0.2, 0.25) is 0 Å². The van der Waals surface area contributed by atoms with Crippen LogP contribution in [0.5, 0.6) is 0 Å². The molecule has 0 rings (SSSR count). The topological polar surface area (TPSA) is 108 Å². The van der Waals surface area contributed by atoms with E-state index in [1.54, 1.807) is 6.08 Å². The Balaban J connectivity index is 4.05. The third kappa shape index (κ3) is 60.5. The maximum Gasteiger partial charge on any atom is 0.268 e. The number of amides is 1. The molecule has 0 radical (unpaired) electrons. The molecule has 9 heteroatoms. The smallest absolute Gasteiger partial charge is 0.268 e. The molecule has 0 saturated heterocycles. The van der Waals surface area contributed by atoms with E-state index in [0.717, 1.165) is 38.5 Å². The highest BCUT2D eigenvalue weighted by Gasteiger charge is 2.23. The first-order valence-electron chi connectivity index (χ1n) is 33.2. The number of phosphoric ester groups is 1. The molecule has 3 unspecified atom stereocenters. The fourth-order valence-electron chi connectivity index (χ4n) is 10.2. The summed E-state index contributed by atoms with van der Waals surface area (Å²) in [5, 5.41) is 13.9. The molecule has 0 aromatic rings. The van der Waals surface area contributed by atoms with Gasteiger partial charge in [0.2, 0.25) is 5.91 Å². The Labute approximate surface area is 468 Å². The molecule has 0 spiro atoms. The van der Waals surface area contributed by atoms with Crippen LogP contribution in [0.15, 0.2) is 24.3 Å². The number of aliphatic hydroxyl groups excluding tert-OH is 1. The number of phosphoric acid groups is 1. The summed E-state index contributed by atoms with van der Waals surface area (Å²) in [4.78, 5) is 25.6. The summed E-state index contributed by atoms with van der Waals surface area (Å²) in [5.74, 6) is -0.199. The van der Waals surface area contributed by atoms with Gasteiger partial charge in [-0.15, -0.1) is 0 Å². The lowest BCUT2D eigenvalue weighted by Crippen LogP contribution is -2.45. The summed E-state index contributed by atoms with van der Waals surface area (Å²) in [5.41, 5.74) is 0. The number of hydrogen-bond donors (Lipinski definition) is 2. The fourth-order valence-corrected chi connectivity index (χ4v) is 11.0. The summed E-state index contributed by atoms with van der Waals surface area (Å²) in [6, 6.07) is -0.901. The molecule has 0 heterocycles. The molecule has 8 nitrogen and oxygen atoms in total. The van der Waals surface area contributed by atoms with Gasteiger partial charge in [0.1, 0.15) is 13.2 Å². The second kappa shape index (κ2) is 57.7. The number of nitrogens with zero attached hydrogens (tertiary/aromatic N) is 1. The summed E-state index contributed by atoms with van der Waals surface area (Å²) in [6.45, 7) is 4.69. The number of hydrogen-bond acceptors (Lipinski definition) is 6. The molecule has 446 valence electrons. The number of allylic oxidation sites excluding steroid dienone is 3. The van der Waals surface area contributed by atoms with Crippen molar-refractivity contribution in [3.63, 3.8) is 0 Å². The van der Waals surface area contributed by atoms with Crippen molar-refractivity contribution in [3.05, 3.63) is 24.3 Å². The van der Waals surface area contributed by atoms with Crippen molar-refractivity contribution in [3.8, 4) is 0 Å². The Morgan fingerprint density at radius 1 is 0.453 bits per heavy atom. The second-order valence-electron chi connectivity index (χ2n) is 24.2. The molecule has 75 heavy (non-hydrogen) atoms. The third-order valence-electron chi connectivity index (χ3n) is 15.4. The number of aliphatic hydroxyl groups is 1. The van der Waals surface area contributed by atoms with Gasteiger partial charge in [-0.25, -0.2) is 0 Å². The van der Waals surface area contributed by atoms with Gasteiger partial charge in [-0.1, -0.05) is 327 Å². The first kappa shape index (κ1) is 74.0. The molecule has 0 aromatic carbocycles. The standard InChI is InChI=1S/C66H131N2O6P/c1-6-8-10-12-14-16-18-20-22-24-26-28-29-30-31-32-33-34-35-36-37-38-40-42-44-46-48-50-52-54-56-58-60-66(70)67-64(63-74-75(71,72)73-62-61-68(3,4)5)65(69)59-57-55-53-51-49-47-45-43-41-39-27-25-23-21-19-17-15-13-11-9-7-2/h49,51,57,59,64-65,69H,6-48,50,52-56,58,60-63H2,1-5H3,(H-,67,70,71,72)/b51-49+,59-57+. The van der Waals surface area contributed by atoms with Crippen LogP contribution in [0.3, 0.4) is 0 Å². The lowest BCUT2D eigenvalue weighted by Gasteiger charge is -2.29. The fraction of sp³-hybridized carbons (Fsp3) is 0.924. The molecule has 0 aliphatic carbocycles. The van der Waals surface area contributed by atoms with Gasteiger partial charge in [0.05, 0.1) is 39.9 Å². The maximum absolute atomic E-state index is 13.0. The first-order valence-corrected chi connectivity index (χ1v) is 34.7. The summed E-state index contributed by atoms with van der Waals surface area (Å²) >= 11 is 0. The summed E-state index contributed by atoms with van der Waals surface area (Å²) < 4.78 is 23.4. The molecule has 0 aliphatic rings. The predicted octanol–water partition coefficient (Wildman–Crippen LogP) is 20.1. The van der Waals surface area contributed by atoms with E-state index in [1.165, 1.54) is 283 Å². The van der Waals surface area contributed by atoms with Crippen LogP contribution in [0.4, 0.5) is 0 Å². The van der Waals surface area contributed by atoms with Crippen molar-refractivity contribution in [1.82, 2.24) is 5.32 Å². The van der Waals surface area contributed by atoms with Gasteiger partial charge in [0, 0.05) is 6.42 Å². The maximum atomic E-state index is 13.0. The minimum atomic E-state index is -4.61. The number of quaternary nitrogens is 1. The number of rotatable bonds is 62. The molecule has 2 N–H and O–H groups in total. The van der Waals surface area contributed by atoms with E-state index in [4.69, 9.17) is 9.05 Å². The molecule has 3 atom stereocenters. The lowest BCUT2D eigenvalue weighted by atomic mass is 10.0. The number of unbranched alkanes of at least 4 members (excludes halogenated alkanes) is 47. The zero-order chi connectivity index (χ0) is 54.9. The van der Waals surface area contributed by atoms with Gasteiger partial charge in [-0.05, 0) is 32.1 Å². The van der Waals surface area contributed by atoms with Crippen LogP contribution in [-0.4, -0.2) is 68.5 Å². The van der Waals surface area contributed by atoms with E-state index in [9.17, 15) is 19.4 Å². The van der Waals surface area contributed by atoms with Crippen molar-refractivity contribution in [2.24, 2.45) is 0 Å². The SMILES string of the molecule is CCCCCCCCCCCCCCCCC/C=C/CC/C=C/C(O)C(COP(=O)([O-])OCC[N+](C)(C)C)NC(=O)CCCCCCCCCCCCCCCCCCCCCCCCCCCCCCCCCC. The average Bonchev–Trinajstić information content (AvgIpc) is 3.37. The molecule has 0 bridgehead atoms. The summed E-state index contributed by atoms with van der Waals surface area (Å²) in [7, 11) is 1.26. The zero-order valence-corrected chi connectivity index (χ0v) is 51.9. The highest BCUT2D eigenvalue weighted by atomic mass is 31.2. The van der Waals surface area contributed by atoms with Crippen LogP contribution in [-0.2, 0) is 18.4 Å². The Morgan fingerprint density at radius 3 is 1.08 bits per heavy atom. The van der Waals surface area contributed by atoms with Crippen molar-refractivity contribution >= 4 is 13.7 Å². The minimum absolute atomic E-state index is 0.00354. The highest BCUT2D eigenvalue weighted by Crippen LogP contribution is 2.38. The molecular formula is C66H131N2O6P. The van der Waals surface area contributed by atoms with E-state index in [-0.39, 0.29) is 19.1 Å². The Bertz CT molecular complexity index is 1270. The number of carbonyl (C=O) groups excluding carboxylic acids is 1. The zero-order valence-electron chi connectivity index (χ0n) is 51.0. The number of carbonyl (C=O) groups is 1. The highest BCUT2D eigenvalue weighted by molar-refractivity contribution is 7.45. The molecule has 0 aliphatic heterocycles. The summed E-state index contributed by atoms with van der Waals surface area (Å²) in [6.07, 6.45) is 74.4. The van der Waals surface area contributed by atoms with Crippen LogP contribution < -0.4 is 10.2 Å². The van der Waals surface area contributed by atoms with Crippen molar-refractivity contribution in [1.29, 1.82) is 0 Å². The van der Waals surface area contributed by atoms with Gasteiger partial charge >= 0.3 is 0 Å². The van der Waals surface area contributed by atoms with Gasteiger partial charge in [0.15, 0.2) is 0 Å². The predicted molar refractivity (Wildman–Crippen MR) is 325 cm³/mol. The van der Waals surface area contributed by atoms with Crippen molar-refractivity contribution in [2.45, 2.75) is 353 Å². The van der Waals surface area contributed by atoms with E-state index < -0.39 is 20.0 Å². The molecule has 0 saturated carbocycles. The lowest BCUT2D eigenvalue weighted by molar-refractivity contribution is -0.870. The monoisotopic (exact) mass is 1080 g/mol. The number of nitrogens with one attached hydrogen (secondary N) is 1. The second-order valence-corrected chi connectivity index (χ2v) is 25.6. The van der Waals surface area contributed by atoms with Crippen LogP contribution in [0.25, 0.3) is 0 Å².